The van der Waals surface area contributed by atoms with Gasteiger partial charge in [0.05, 0.1) is 11.3 Å². The van der Waals surface area contributed by atoms with Gasteiger partial charge in [-0.1, -0.05) is 11.6 Å². The summed E-state index contributed by atoms with van der Waals surface area (Å²) in [6.07, 6.45) is 3.66. The topological polar surface area (TPSA) is 56.8 Å². The van der Waals surface area contributed by atoms with E-state index in [-0.39, 0.29) is 12.5 Å². The Kier molecular flexibility index (Phi) is 4.34. The number of amides is 1. The molecule has 1 amide bonds. The maximum Gasteiger partial charge on any atom is 0.290 e. The summed E-state index contributed by atoms with van der Waals surface area (Å²) < 4.78 is 1.76. The fraction of sp³-hybridized carbons (Fsp3) is 0.133. The van der Waals surface area contributed by atoms with E-state index in [0.29, 0.717) is 16.3 Å². The van der Waals surface area contributed by atoms with Crippen LogP contribution in [0.3, 0.4) is 0 Å². The van der Waals surface area contributed by atoms with Gasteiger partial charge in [-0.3, -0.25) is 4.79 Å². The Morgan fingerprint density at radius 2 is 2.05 bits per heavy atom. The molecule has 4 nitrogen and oxygen atoms in total. The highest BCUT2D eigenvalue weighted by Crippen LogP contribution is 2.20. The molecule has 0 bridgehead atoms. The number of hydrogen-bond acceptors (Lipinski definition) is 2. The van der Waals surface area contributed by atoms with Gasteiger partial charge >= 0.3 is 0 Å². The van der Waals surface area contributed by atoms with E-state index >= 15 is 0 Å². The average molecular weight is 287 g/mol. The van der Waals surface area contributed by atoms with Gasteiger partial charge in [0.25, 0.3) is 5.91 Å². The Bertz CT molecular complexity index is 675. The molecule has 1 heterocycles. The standard InChI is InChI=1S/C15H12ClN3O/c1-11-4-6-19(7-5-11)10-15(20)18-14-8-13(16)3-2-12(14)9-17/h2-8H,10H2,1H3/p+1. The molecule has 5 heteroatoms. The molecule has 1 aromatic heterocycles. The summed E-state index contributed by atoms with van der Waals surface area (Å²) in [5.74, 6) is -0.211. The Morgan fingerprint density at radius 1 is 1.35 bits per heavy atom. The number of nitriles is 1. The zero-order valence-electron chi connectivity index (χ0n) is 10.9. The highest BCUT2D eigenvalue weighted by molar-refractivity contribution is 6.31. The molecule has 0 unspecified atom stereocenters. The molecule has 100 valence electrons. The predicted octanol–water partition coefficient (Wildman–Crippen LogP) is 2.45. The summed E-state index contributed by atoms with van der Waals surface area (Å²) in [7, 11) is 0. The fourth-order valence-corrected chi connectivity index (χ4v) is 1.88. The lowest BCUT2D eigenvalue weighted by Gasteiger charge is -2.05. The Balaban J connectivity index is 2.10. The number of rotatable bonds is 3. The number of nitrogens with zero attached hydrogens (tertiary/aromatic N) is 2. The van der Waals surface area contributed by atoms with Crippen molar-refractivity contribution in [3.63, 3.8) is 0 Å². The predicted molar refractivity (Wildman–Crippen MR) is 76.2 cm³/mol. The lowest BCUT2D eigenvalue weighted by molar-refractivity contribution is -0.684. The first-order chi connectivity index (χ1) is 9.58. The van der Waals surface area contributed by atoms with E-state index in [4.69, 9.17) is 16.9 Å². The van der Waals surface area contributed by atoms with E-state index < -0.39 is 0 Å². The second kappa shape index (κ2) is 6.18. The molecule has 0 atom stereocenters. The molecule has 0 saturated carbocycles. The number of hydrogen-bond donors (Lipinski definition) is 1. The number of aryl methyl sites for hydroxylation is 1. The van der Waals surface area contributed by atoms with Crippen molar-refractivity contribution in [1.29, 1.82) is 5.26 Å². The summed E-state index contributed by atoms with van der Waals surface area (Å²) in [5, 5.41) is 12.2. The summed E-state index contributed by atoms with van der Waals surface area (Å²) >= 11 is 5.87. The van der Waals surface area contributed by atoms with Crippen molar-refractivity contribution >= 4 is 23.2 Å². The van der Waals surface area contributed by atoms with Crippen LogP contribution in [0.2, 0.25) is 5.02 Å². The molecule has 0 spiro atoms. The quantitative estimate of drug-likeness (QED) is 0.881. The lowest BCUT2D eigenvalue weighted by Crippen LogP contribution is -2.39. The van der Waals surface area contributed by atoms with Gasteiger partial charge in [-0.2, -0.15) is 9.83 Å². The molecule has 1 N–H and O–H groups in total. The monoisotopic (exact) mass is 286 g/mol. The minimum atomic E-state index is -0.211. The van der Waals surface area contributed by atoms with E-state index in [2.05, 4.69) is 5.32 Å². The molecule has 2 aromatic rings. The molecule has 0 saturated heterocycles. The van der Waals surface area contributed by atoms with Crippen LogP contribution in [0.25, 0.3) is 0 Å². The molecular weight excluding hydrogens is 274 g/mol. The summed E-state index contributed by atoms with van der Waals surface area (Å²) in [5.41, 5.74) is 1.94. The molecular formula is C15H13ClN3O+. The van der Waals surface area contributed by atoms with Crippen molar-refractivity contribution in [2.75, 3.05) is 5.32 Å². The van der Waals surface area contributed by atoms with E-state index in [0.717, 1.165) is 5.56 Å². The minimum Gasteiger partial charge on any atom is -0.319 e. The van der Waals surface area contributed by atoms with Gasteiger partial charge in [0.1, 0.15) is 6.07 Å². The van der Waals surface area contributed by atoms with E-state index in [9.17, 15) is 4.79 Å². The first-order valence-corrected chi connectivity index (χ1v) is 6.41. The van der Waals surface area contributed by atoms with Gasteiger partial charge < -0.3 is 5.32 Å². The number of nitrogens with one attached hydrogen (secondary N) is 1. The van der Waals surface area contributed by atoms with Crippen molar-refractivity contribution < 1.29 is 9.36 Å². The van der Waals surface area contributed by atoms with Crippen LogP contribution in [0.4, 0.5) is 5.69 Å². The fourth-order valence-electron chi connectivity index (χ4n) is 1.71. The molecule has 2 rings (SSSR count). The summed E-state index contributed by atoms with van der Waals surface area (Å²) in [6.45, 7) is 2.16. The SMILES string of the molecule is Cc1cc[n+](CC(=O)Nc2cc(Cl)ccc2C#N)cc1. The van der Waals surface area contributed by atoms with Crippen LogP contribution in [0, 0.1) is 18.3 Å². The third-order valence-corrected chi connectivity index (χ3v) is 3.00. The average Bonchev–Trinajstić information content (AvgIpc) is 2.41. The molecule has 0 fully saturated rings. The number of aromatic nitrogens is 1. The third kappa shape index (κ3) is 3.56. The van der Waals surface area contributed by atoms with Crippen molar-refractivity contribution in [3.8, 4) is 6.07 Å². The molecule has 0 aliphatic heterocycles. The zero-order valence-corrected chi connectivity index (χ0v) is 11.7. The van der Waals surface area contributed by atoms with Gasteiger partial charge in [-0.15, -0.1) is 0 Å². The normalized spacial score (nSPS) is 9.85. The Hall–Kier alpha value is -2.38. The van der Waals surface area contributed by atoms with Gasteiger partial charge in [-0.05, 0) is 30.7 Å². The highest BCUT2D eigenvalue weighted by atomic mass is 35.5. The van der Waals surface area contributed by atoms with Crippen molar-refractivity contribution in [2.45, 2.75) is 13.5 Å². The van der Waals surface area contributed by atoms with Crippen LogP contribution in [-0.4, -0.2) is 5.91 Å². The molecule has 0 aliphatic carbocycles. The molecule has 1 aromatic carbocycles. The number of carbonyl (C=O) groups excluding carboxylic acids is 1. The lowest BCUT2D eigenvalue weighted by atomic mass is 10.2. The number of carbonyl (C=O) groups is 1. The molecule has 0 radical (unpaired) electrons. The van der Waals surface area contributed by atoms with Gasteiger partial charge in [0.15, 0.2) is 12.4 Å². The largest absolute Gasteiger partial charge is 0.319 e. The van der Waals surface area contributed by atoms with Crippen molar-refractivity contribution in [3.05, 3.63) is 58.9 Å². The van der Waals surface area contributed by atoms with E-state index in [1.54, 1.807) is 22.8 Å². The smallest absolute Gasteiger partial charge is 0.290 e. The van der Waals surface area contributed by atoms with Crippen molar-refractivity contribution in [2.24, 2.45) is 0 Å². The van der Waals surface area contributed by atoms with Crippen LogP contribution in [0.5, 0.6) is 0 Å². The maximum atomic E-state index is 12.0. The molecule has 0 aliphatic rings. The van der Waals surface area contributed by atoms with Crippen molar-refractivity contribution in [1.82, 2.24) is 0 Å². The van der Waals surface area contributed by atoms with Crippen LogP contribution >= 0.6 is 11.6 Å². The van der Waals surface area contributed by atoms with Crippen LogP contribution < -0.4 is 9.88 Å². The van der Waals surface area contributed by atoms with Crippen LogP contribution in [0.15, 0.2) is 42.7 Å². The van der Waals surface area contributed by atoms with E-state index in [1.165, 1.54) is 0 Å². The second-order valence-electron chi connectivity index (χ2n) is 4.40. The minimum absolute atomic E-state index is 0.178. The number of pyridine rings is 1. The zero-order chi connectivity index (χ0) is 14.5. The Labute approximate surface area is 122 Å². The van der Waals surface area contributed by atoms with Gasteiger partial charge in [-0.25, -0.2) is 0 Å². The maximum absolute atomic E-state index is 12.0. The van der Waals surface area contributed by atoms with E-state index in [1.807, 2.05) is 37.5 Å². The molecule has 20 heavy (non-hydrogen) atoms. The van der Waals surface area contributed by atoms with Crippen LogP contribution in [0.1, 0.15) is 11.1 Å². The first kappa shape index (κ1) is 14.0. The van der Waals surface area contributed by atoms with Crippen LogP contribution in [-0.2, 0) is 11.3 Å². The summed E-state index contributed by atoms with van der Waals surface area (Å²) in [6, 6.07) is 10.6. The highest BCUT2D eigenvalue weighted by Gasteiger charge is 2.12. The number of benzene rings is 1. The van der Waals surface area contributed by atoms with Gasteiger partial charge in [0, 0.05) is 17.2 Å². The summed E-state index contributed by atoms with van der Waals surface area (Å²) in [4.78, 5) is 12.0. The van der Waals surface area contributed by atoms with Gasteiger partial charge in [0.2, 0.25) is 6.54 Å². The second-order valence-corrected chi connectivity index (χ2v) is 4.83. The Morgan fingerprint density at radius 3 is 2.70 bits per heavy atom. The third-order valence-electron chi connectivity index (χ3n) is 2.76. The number of anilines is 1. The first-order valence-electron chi connectivity index (χ1n) is 6.03. The number of halogens is 1.